The SMILES string of the molecule is COCCOCC(=O)N1CCC(=O)CC1. The van der Waals surface area contributed by atoms with Crippen LogP contribution < -0.4 is 0 Å². The summed E-state index contributed by atoms with van der Waals surface area (Å²) < 4.78 is 9.90. The Hall–Kier alpha value is -0.940. The topological polar surface area (TPSA) is 55.8 Å². The van der Waals surface area contributed by atoms with Gasteiger partial charge in [-0.3, -0.25) is 9.59 Å². The molecule has 1 heterocycles. The summed E-state index contributed by atoms with van der Waals surface area (Å²) in [5, 5.41) is 0. The van der Waals surface area contributed by atoms with Crippen LogP contribution in [-0.2, 0) is 19.1 Å². The van der Waals surface area contributed by atoms with Crippen LogP contribution in [0.5, 0.6) is 0 Å². The molecule has 86 valence electrons. The number of hydrogen-bond donors (Lipinski definition) is 0. The number of ketones is 1. The molecule has 5 heteroatoms. The fourth-order valence-electron chi connectivity index (χ4n) is 1.40. The number of amides is 1. The van der Waals surface area contributed by atoms with E-state index in [1.54, 1.807) is 12.0 Å². The van der Waals surface area contributed by atoms with Gasteiger partial charge in [0.2, 0.25) is 5.91 Å². The van der Waals surface area contributed by atoms with Crippen molar-refractivity contribution in [3.63, 3.8) is 0 Å². The van der Waals surface area contributed by atoms with Gasteiger partial charge in [-0.05, 0) is 0 Å². The maximum absolute atomic E-state index is 11.5. The van der Waals surface area contributed by atoms with Crippen LogP contribution in [0.1, 0.15) is 12.8 Å². The lowest BCUT2D eigenvalue weighted by molar-refractivity contribution is -0.139. The van der Waals surface area contributed by atoms with Crippen LogP contribution >= 0.6 is 0 Å². The van der Waals surface area contributed by atoms with E-state index in [1.807, 2.05) is 0 Å². The third kappa shape index (κ3) is 4.40. The first kappa shape index (κ1) is 12.1. The van der Waals surface area contributed by atoms with E-state index in [2.05, 4.69) is 0 Å². The zero-order valence-corrected chi connectivity index (χ0v) is 9.03. The van der Waals surface area contributed by atoms with Gasteiger partial charge in [-0.25, -0.2) is 0 Å². The number of ether oxygens (including phenoxy) is 2. The molecule has 1 aliphatic rings. The van der Waals surface area contributed by atoms with E-state index in [0.717, 1.165) is 0 Å². The highest BCUT2D eigenvalue weighted by molar-refractivity contribution is 5.83. The Morgan fingerprint density at radius 3 is 2.60 bits per heavy atom. The second-order valence-electron chi connectivity index (χ2n) is 3.46. The van der Waals surface area contributed by atoms with Crippen LogP contribution in [-0.4, -0.2) is 56.6 Å². The number of hydrogen-bond acceptors (Lipinski definition) is 4. The third-order valence-electron chi connectivity index (χ3n) is 2.33. The average molecular weight is 215 g/mol. The summed E-state index contributed by atoms with van der Waals surface area (Å²) >= 11 is 0. The lowest BCUT2D eigenvalue weighted by Gasteiger charge is -2.25. The Labute approximate surface area is 89.3 Å². The lowest BCUT2D eigenvalue weighted by atomic mass is 10.1. The molecule has 0 saturated carbocycles. The first-order valence-corrected chi connectivity index (χ1v) is 5.10. The molecule has 5 nitrogen and oxygen atoms in total. The average Bonchev–Trinajstić information content (AvgIpc) is 2.25. The Bertz CT molecular complexity index is 219. The molecule has 0 aromatic rings. The van der Waals surface area contributed by atoms with Crippen LogP contribution in [0, 0.1) is 0 Å². The van der Waals surface area contributed by atoms with Crippen LogP contribution in [0.15, 0.2) is 0 Å². The maximum Gasteiger partial charge on any atom is 0.248 e. The number of carbonyl (C=O) groups is 2. The van der Waals surface area contributed by atoms with Gasteiger partial charge in [0.25, 0.3) is 0 Å². The zero-order valence-electron chi connectivity index (χ0n) is 9.03. The molecule has 1 rings (SSSR count). The van der Waals surface area contributed by atoms with Gasteiger partial charge in [0, 0.05) is 33.0 Å². The fraction of sp³-hybridized carbons (Fsp3) is 0.800. The lowest BCUT2D eigenvalue weighted by Crippen LogP contribution is -2.40. The molecule has 0 atom stereocenters. The number of methoxy groups -OCH3 is 1. The van der Waals surface area contributed by atoms with E-state index in [1.165, 1.54) is 0 Å². The number of likely N-dealkylation sites (tertiary alicyclic amines) is 1. The first-order valence-electron chi connectivity index (χ1n) is 5.10. The van der Waals surface area contributed by atoms with E-state index in [9.17, 15) is 9.59 Å². The maximum atomic E-state index is 11.5. The van der Waals surface area contributed by atoms with Crippen molar-refractivity contribution >= 4 is 11.7 Å². The van der Waals surface area contributed by atoms with E-state index in [0.29, 0.717) is 39.1 Å². The minimum absolute atomic E-state index is 0.0430. The molecule has 0 N–H and O–H groups in total. The molecule has 0 aromatic carbocycles. The van der Waals surface area contributed by atoms with Crippen molar-refractivity contribution in [3.8, 4) is 0 Å². The normalized spacial score (nSPS) is 16.9. The molecule has 0 bridgehead atoms. The highest BCUT2D eigenvalue weighted by Crippen LogP contribution is 2.05. The number of nitrogens with zero attached hydrogens (tertiary/aromatic N) is 1. The minimum atomic E-state index is -0.0430. The number of carbonyl (C=O) groups excluding carboxylic acids is 2. The molecule has 1 amide bonds. The van der Waals surface area contributed by atoms with Crippen LogP contribution in [0.3, 0.4) is 0 Å². The van der Waals surface area contributed by atoms with E-state index < -0.39 is 0 Å². The molecule has 1 aliphatic heterocycles. The second-order valence-corrected chi connectivity index (χ2v) is 3.46. The van der Waals surface area contributed by atoms with E-state index in [4.69, 9.17) is 9.47 Å². The van der Waals surface area contributed by atoms with Gasteiger partial charge in [0.1, 0.15) is 12.4 Å². The monoisotopic (exact) mass is 215 g/mol. The van der Waals surface area contributed by atoms with Gasteiger partial charge in [0.05, 0.1) is 13.2 Å². The second kappa shape index (κ2) is 6.53. The molecule has 0 spiro atoms. The number of rotatable bonds is 5. The van der Waals surface area contributed by atoms with Crippen molar-refractivity contribution in [3.05, 3.63) is 0 Å². The summed E-state index contributed by atoms with van der Waals surface area (Å²) in [5.41, 5.74) is 0. The summed E-state index contributed by atoms with van der Waals surface area (Å²) in [7, 11) is 1.58. The Morgan fingerprint density at radius 2 is 2.00 bits per heavy atom. The molecular weight excluding hydrogens is 198 g/mol. The fourth-order valence-corrected chi connectivity index (χ4v) is 1.40. The molecule has 0 radical (unpaired) electrons. The van der Waals surface area contributed by atoms with Crippen LogP contribution in [0.4, 0.5) is 0 Å². The van der Waals surface area contributed by atoms with Crippen molar-refractivity contribution < 1.29 is 19.1 Å². The third-order valence-corrected chi connectivity index (χ3v) is 2.33. The molecule has 1 saturated heterocycles. The summed E-state index contributed by atoms with van der Waals surface area (Å²) in [6.45, 7) is 2.06. The predicted octanol–water partition coefficient (Wildman–Crippen LogP) is -0.159. The van der Waals surface area contributed by atoms with E-state index in [-0.39, 0.29) is 18.3 Å². The van der Waals surface area contributed by atoms with Crippen molar-refractivity contribution in [1.82, 2.24) is 4.90 Å². The zero-order chi connectivity index (χ0) is 11.1. The van der Waals surface area contributed by atoms with Gasteiger partial charge in [0.15, 0.2) is 0 Å². The summed E-state index contributed by atoms with van der Waals surface area (Å²) in [6.07, 6.45) is 0.952. The Kier molecular flexibility index (Phi) is 5.28. The predicted molar refractivity (Wildman–Crippen MR) is 53.5 cm³/mol. The van der Waals surface area contributed by atoms with Crippen molar-refractivity contribution in [2.45, 2.75) is 12.8 Å². The Balaban J connectivity index is 2.14. The van der Waals surface area contributed by atoms with Gasteiger partial charge in [-0.15, -0.1) is 0 Å². The summed E-state index contributed by atoms with van der Waals surface area (Å²) in [4.78, 5) is 24.1. The molecule has 0 aromatic heterocycles. The minimum Gasteiger partial charge on any atom is -0.382 e. The van der Waals surface area contributed by atoms with Crippen molar-refractivity contribution in [1.29, 1.82) is 0 Å². The van der Waals surface area contributed by atoms with Crippen LogP contribution in [0.2, 0.25) is 0 Å². The smallest absolute Gasteiger partial charge is 0.248 e. The highest BCUT2D eigenvalue weighted by Gasteiger charge is 2.20. The summed E-state index contributed by atoms with van der Waals surface area (Å²) in [6, 6.07) is 0. The van der Waals surface area contributed by atoms with Gasteiger partial charge in [-0.1, -0.05) is 0 Å². The Morgan fingerprint density at radius 1 is 1.33 bits per heavy atom. The highest BCUT2D eigenvalue weighted by atomic mass is 16.5. The first-order chi connectivity index (χ1) is 7.24. The molecule has 0 aliphatic carbocycles. The standard InChI is InChI=1S/C10H17NO4/c1-14-6-7-15-8-10(13)11-4-2-9(12)3-5-11/h2-8H2,1H3. The largest absolute Gasteiger partial charge is 0.382 e. The van der Waals surface area contributed by atoms with Gasteiger partial charge >= 0.3 is 0 Å². The van der Waals surface area contributed by atoms with Crippen molar-refractivity contribution in [2.24, 2.45) is 0 Å². The van der Waals surface area contributed by atoms with E-state index >= 15 is 0 Å². The molecule has 1 fully saturated rings. The molecule has 0 unspecified atom stereocenters. The van der Waals surface area contributed by atoms with Gasteiger partial charge in [-0.2, -0.15) is 0 Å². The molecule has 15 heavy (non-hydrogen) atoms. The number of Topliss-reactive ketones (excluding diaryl/α,β-unsaturated/α-hetero) is 1. The van der Waals surface area contributed by atoms with Crippen LogP contribution in [0.25, 0.3) is 0 Å². The summed E-state index contributed by atoms with van der Waals surface area (Å²) in [5.74, 6) is 0.193. The number of piperidine rings is 1. The van der Waals surface area contributed by atoms with Crippen molar-refractivity contribution in [2.75, 3.05) is 40.0 Å². The van der Waals surface area contributed by atoms with Gasteiger partial charge < -0.3 is 14.4 Å². The molecular formula is C10H17NO4. The quantitative estimate of drug-likeness (QED) is 0.598.